The molecule has 0 amide bonds. The lowest BCUT2D eigenvalue weighted by Gasteiger charge is -2.06. The summed E-state index contributed by atoms with van der Waals surface area (Å²) < 4.78 is 15.8. The maximum absolute atomic E-state index is 13.5. The van der Waals surface area contributed by atoms with Crippen LogP contribution in [0.25, 0.3) is 32.1 Å². The van der Waals surface area contributed by atoms with Crippen LogP contribution < -0.4 is 5.56 Å². The quantitative estimate of drug-likeness (QED) is 0.446. The topological polar surface area (TPSA) is 60.7 Å². The van der Waals surface area contributed by atoms with Crippen molar-refractivity contribution < 1.29 is 4.39 Å². The van der Waals surface area contributed by atoms with Gasteiger partial charge in [-0.15, -0.1) is 11.3 Å². The van der Waals surface area contributed by atoms with Crippen LogP contribution in [0.15, 0.2) is 71.2 Å². The summed E-state index contributed by atoms with van der Waals surface area (Å²) in [6.45, 7) is 0.397. The Hall–Kier alpha value is -3.45. The summed E-state index contributed by atoms with van der Waals surface area (Å²) in [5.41, 5.74) is 3.13. The molecular weight excluding hydrogens is 387 g/mol. The molecule has 0 unspecified atom stereocenters. The standard InChI is InChI=1S/C22H15FN4OS/c23-16-3-1-15-2-4-17(26-19(15)11-16)7-10-27-22(28)21-18(13-29-20(21)12-25-27)14-5-8-24-9-6-14/h1-6,8-9,11-13H,7,10H2. The van der Waals surface area contributed by atoms with E-state index in [4.69, 9.17) is 0 Å². The molecule has 0 bridgehead atoms. The molecule has 4 heterocycles. The van der Waals surface area contributed by atoms with Gasteiger partial charge in [0.15, 0.2) is 0 Å². The zero-order chi connectivity index (χ0) is 19.8. The van der Waals surface area contributed by atoms with Crippen LogP contribution in [0.4, 0.5) is 4.39 Å². The van der Waals surface area contributed by atoms with Crippen LogP contribution >= 0.6 is 11.3 Å². The number of nitrogens with zero attached hydrogens (tertiary/aromatic N) is 4. The molecule has 0 saturated carbocycles. The second-order valence-electron chi connectivity index (χ2n) is 6.69. The van der Waals surface area contributed by atoms with Crippen LogP contribution in [-0.4, -0.2) is 19.7 Å². The number of benzene rings is 1. The van der Waals surface area contributed by atoms with E-state index in [1.807, 2.05) is 29.6 Å². The maximum atomic E-state index is 13.5. The van der Waals surface area contributed by atoms with Crippen molar-refractivity contribution in [3.63, 3.8) is 0 Å². The van der Waals surface area contributed by atoms with Gasteiger partial charge < -0.3 is 0 Å². The molecule has 0 aliphatic carbocycles. The number of pyridine rings is 2. The van der Waals surface area contributed by atoms with E-state index in [0.29, 0.717) is 23.9 Å². The van der Waals surface area contributed by atoms with Crippen molar-refractivity contribution in [2.75, 3.05) is 0 Å². The van der Waals surface area contributed by atoms with Gasteiger partial charge in [-0.2, -0.15) is 5.10 Å². The Morgan fingerprint density at radius 3 is 2.76 bits per heavy atom. The molecule has 5 nitrogen and oxygen atoms in total. The summed E-state index contributed by atoms with van der Waals surface area (Å²) in [5, 5.41) is 7.85. The van der Waals surface area contributed by atoms with E-state index in [1.54, 1.807) is 24.7 Å². The lowest BCUT2D eigenvalue weighted by Crippen LogP contribution is -2.23. The minimum atomic E-state index is -0.313. The molecule has 0 atom stereocenters. The molecule has 0 fully saturated rings. The highest BCUT2D eigenvalue weighted by molar-refractivity contribution is 7.17. The fraction of sp³-hybridized carbons (Fsp3) is 0.0909. The van der Waals surface area contributed by atoms with Crippen LogP contribution in [0.1, 0.15) is 5.69 Å². The van der Waals surface area contributed by atoms with Crippen LogP contribution in [0.5, 0.6) is 0 Å². The molecule has 5 rings (SSSR count). The highest BCUT2D eigenvalue weighted by Gasteiger charge is 2.13. The summed E-state index contributed by atoms with van der Waals surface area (Å²) in [6, 6.07) is 12.1. The lowest BCUT2D eigenvalue weighted by atomic mass is 10.1. The van der Waals surface area contributed by atoms with Gasteiger partial charge in [-0.1, -0.05) is 6.07 Å². The Morgan fingerprint density at radius 2 is 1.90 bits per heavy atom. The van der Waals surface area contributed by atoms with Crippen molar-refractivity contribution in [2.45, 2.75) is 13.0 Å². The summed E-state index contributed by atoms with van der Waals surface area (Å²) >= 11 is 1.50. The third-order valence-corrected chi connectivity index (χ3v) is 5.78. The SMILES string of the molecule is O=c1c2c(-c3ccncc3)csc2cnn1CCc1ccc2ccc(F)cc2n1. The number of hydrogen-bond donors (Lipinski definition) is 0. The molecule has 0 saturated heterocycles. The second-order valence-corrected chi connectivity index (χ2v) is 7.60. The molecule has 4 aromatic heterocycles. The zero-order valence-corrected chi connectivity index (χ0v) is 16.1. The Labute approximate surface area is 169 Å². The predicted molar refractivity (Wildman–Crippen MR) is 113 cm³/mol. The minimum Gasteiger partial charge on any atom is -0.267 e. The Bertz CT molecular complexity index is 1390. The normalized spacial score (nSPS) is 11.3. The Kier molecular flexibility index (Phi) is 4.37. The number of rotatable bonds is 4. The first-order chi connectivity index (χ1) is 14.2. The van der Waals surface area contributed by atoms with E-state index < -0.39 is 0 Å². The van der Waals surface area contributed by atoms with Gasteiger partial charge in [-0.05, 0) is 35.9 Å². The van der Waals surface area contributed by atoms with E-state index in [9.17, 15) is 9.18 Å². The Balaban J connectivity index is 1.48. The number of thiophene rings is 1. The zero-order valence-electron chi connectivity index (χ0n) is 15.2. The van der Waals surface area contributed by atoms with Crippen LogP contribution in [-0.2, 0) is 13.0 Å². The molecule has 0 radical (unpaired) electrons. The summed E-state index contributed by atoms with van der Waals surface area (Å²) in [4.78, 5) is 21.6. The van der Waals surface area contributed by atoms with Gasteiger partial charge >= 0.3 is 0 Å². The molecule has 7 heteroatoms. The summed E-state index contributed by atoms with van der Waals surface area (Å²) in [5.74, 6) is -0.313. The fourth-order valence-electron chi connectivity index (χ4n) is 3.39. The van der Waals surface area contributed by atoms with Gasteiger partial charge in [0.1, 0.15) is 5.82 Å². The van der Waals surface area contributed by atoms with Gasteiger partial charge in [0.2, 0.25) is 0 Å². The first kappa shape index (κ1) is 17.6. The maximum Gasteiger partial charge on any atom is 0.276 e. The number of hydrogen-bond acceptors (Lipinski definition) is 5. The third-order valence-electron chi connectivity index (χ3n) is 4.87. The van der Waals surface area contributed by atoms with Gasteiger partial charge in [-0.3, -0.25) is 14.8 Å². The number of aromatic nitrogens is 4. The first-order valence-corrected chi connectivity index (χ1v) is 10.00. The van der Waals surface area contributed by atoms with Gasteiger partial charge in [-0.25, -0.2) is 9.07 Å². The van der Waals surface area contributed by atoms with Crippen LogP contribution in [0, 0.1) is 5.82 Å². The first-order valence-electron chi connectivity index (χ1n) is 9.12. The Morgan fingerprint density at radius 1 is 1.07 bits per heavy atom. The predicted octanol–water partition coefficient (Wildman–Crippen LogP) is 4.45. The molecule has 0 aliphatic rings. The molecule has 0 aliphatic heterocycles. The monoisotopic (exact) mass is 402 g/mol. The summed E-state index contributed by atoms with van der Waals surface area (Å²) in [6.07, 6.45) is 5.69. The van der Waals surface area contributed by atoms with Crippen LogP contribution in [0.3, 0.4) is 0 Å². The highest BCUT2D eigenvalue weighted by atomic mass is 32.1. The molecule has 29 heavy (non-hydrogen) atoms. The van der Waals surface area contributed by atoms with Crippen molar-refractivity contribution in [2.24, 2.45) is 0 Å². The van der Waals surface area contributed by atoms with E-state index in [0.717, 1.165) is 26.9 Å². The largest absolute Gasteiger partial charge is 0.276 e. The molecule has 142 valence electrons. The second kappa shape index (κ2) is 7.18. The van der Waals surface area contributed by atoms with E-state index in [1.165, 1.54) is 28.2 Å². The van der Waals surface area contributed by atoms with E-state index >= 15 is 0 Å². The molecule has 1 aromatic carbocycles. The molecule has 0 N–H and O–H groups in total. The lowest BCUT2D eigenvalue weighted by molar-refractivity contribution is 0.580. The van der Waals surface area contributed by atoms with Gasteiger partial charge in [0.05, 0.1) is 28.3 Å². The average Bonchev–Trinajstić information content (AvgIpc) is 3.18. The molecule has 0 spiro atoms. The smallest absolute Gasteiger partial charge is 0.267 e. The third kappa shape index (κ3) is 3.30. The molecule has 5 aromatic rings. The number of fused-ring (bicyclic) bond motifs is 2. The number of halogens is 1. The van der Waals surface area contributed by atoms with Crippen molar-refractivity contribution in [1.29, 1.82) is 0 Å². The van der Waals surface area contributed by atoms with Crippen LogP contribution in [0.2, 0.25) is 0 Å². The van der Waals surface area contributed by atoms with Gasteiger partial charge in [0.25, 0.3) is 5.56 Å². The van der Waals surface area contributed by atoms with E-state index in [-0.39, 0.29) is 11.4 Å². The van der Waals surface area contributed by atoms with Crippen molar-refractivity contribution >= 4 is 32.3 Å². The average molecular weight is 402 g/mol. The number of aryl methyl sites for hydroxylation is 2. The van der Waals surface area contributed by atoms with Crippen molar-refractivity contribution in [1.82, 2.24) is 19.7 Å². The van der Waals surface area contributed by atoms with E-state index in [2.05, 4.69) is 15.1 Å². The minimum absolute atomic E-state index is 0.123. The van der Waals surface area contributed by atoms with Crippen molar-refractivity contribution in [3.05, 3.63) is 88.3 Å². The highest BCUT2D eigenvalue weighted by Crippen LogP contribution is 2.30. The molecular formula is C22H15FN4OS. The van der Waals surface area contributed by atoms with Gasteiger partial charge in [0, 0.05) is 46.9 Å². The summed E-state index contributed by atoms with van der Waals surface area (Å²) in [7, 11) is 0. The fourth-order valence-corrected chi connectivity index (χ4v) is 4.31. The van der Waals surface area contributed by atoms with Crippen molar-refractivity contribution in [3.8, 4) is 11.1 Å².